The smallest absolute Gasteiger partial charge is 0.485 e. The number of para-hydroxylation sites is 1. The van der Waals surface area contributed by atoms with Gasteiger partial charge in [0.25, 0.3) is 0 Å². The molecule has 0 aliphatic heterocycles. The van der Waals surface area contributed by atoms with Gasteiger partial charge in [0.2, 0.25) is 0 Å². The monoisotopic (exact) mass is 617 g/mol. The molecule has 0 fully saturated rings. The fourth-order valence-corrected chi connectivity index (χ4v) is 6.74. The minimum atomic E-state index is -4.32. The molecule has 2 aromatic carbocycles. The number of nitrogens with zero attached hydrogens (tertiary/aromatic N) is 1. The molecule has 0 N–H and O–H groups in total. The second kappa shape index (κ2) is 18.7. The van der Waals surface area contributed by atoms with Gasteiger partial charge in [-0.3, -0.25) is 18.1 Å². The van der Waals surface area contributed by atoms with Crippen LogP contribution >= 0.6 is 15.6 Å². The zero-order valence-corrected chi connectivity index (χ0v) is 26.8. The molecule has 0 saturated heterocycles. The minimum Gasteiger partial charge on any atom is -0.497 e. The van der Waals surface area contributed by atoms with Crippen LogP contribution in [0.25, 0.3) is 0 Å². The molecular weight excluding hydrogens is 572 g/mol. The number of ether oxygens (including phenoxy) is 3. The summed E-state index contributed by atoms with van der Waals surface area (Å²) >= 11 is 0. The fourth-order valence-electron chi connectivity index (χ4n) is 3.71. The van der Waals surface area contributed by atoms with E-state index in [-0.39, 0.29) is 26.4 Å². The maximum Gasteiger partial charge on any atom is 0.485 e. The summed E-state index contributed by atoms with van der Waals surface area (Å²) in [6.45, 7) is 5.33. The van der Waals surface area contributed by atoms with Crippen molar-refractivity contribution in [2.24, 2.45) is 0 Å². The Labute approximate surface area is 244 Å². The molecule has 0 heterocycles. The predicted octanol–water partition coefficient (Wildman–Crippen LogP) is 6.51. The lowest BCUT2D eigenvalue weighted by atomic mass is 10.0. The van der Waals surface area contributed by atoms with Crippen LogP contribution < -0.4 is 9.47 Å². The molecule has 0 spiro atoms. The SMILES string of the molecule is CCOP(=O)(OCC)OP(=O)(OCC)OCO[C@@H](CCN(C)C)COc1ccccc1CCc1cccc(OC)c1. The van der Waals surface area contributed by atoms with E-state index in [1.165, 1.54) is 5.56 Å². The van der Waals surface area contributed by atoms with Gasteiger partial charge >= 0.3 is 15.6 Å². The van der Waals surface area contributed by atoms with Crippen molar-refractivity contribution in [3.05, 3.63) is 59.7 Å². The molecular formula is C28H45NO10P2. The van der Waals surface area contributed by atoms with E-state index in [4.69, 9.17) is 36.6 Å². The molecule has 1 unspecified atom stereocenters. The molecule has 11 nitrogen and oxygen atoms in total. The predicted molar refractivity (Wildman–Crippen MR) is 158 cm³/mol. The topological polar surface area (TPSA) is 111 Å². The second-order valence-corrected chi connectivity index (χ2v) is 12.6. The number of hydrogen-bond acceptors (Lipinski definition) is 11. The highest BCUT2D eigenvalue weighted by Crippen LogP contribution is 2.65. The third kappa shape index (κ3) is 13.4. The summed E-state index contributed by atoms with van der Waals surface area (Å²) in [4.78, 5) is 2.02. The number of hydrogen-bond donors (Lipinski definition) is 0. The fraction of sp³-hybridized carbons (Fsp3) is 0.571. The van der Waals surface area contributed by atoms with Crippen LogP contribution in [0.2, 0.25) is 0 Å². The van der Waals surface area contributed by atoms with Gasteiger partial charge in [0.1, 0.15) is 18.1 Å². The van der Waals surface area contributed by atoms with Crippen LogP contribution in [-0.4, -0.2) is 72.0 Å². The van der Waals surface area contributed by atoms with Crippen LogP contribution in [0.1, 0.15) is 38.3 Å². The lowest BCUT2D eigenvalue weighted by Crippen LogP contribution is -2.28. The van der Waals surface area contributed by atoms with Gasteiger partial charge in [-0.1, -0.05) is 30.3 Å². The average molecular weight is 618 g/mol. The van der Waals surface area contributed by atoms with Crippen molar-refractivity contribution >= 4 is 15.6 Å². The quantitative estimate of drug-likeness (QED) is 0.106. The van der Waals surface area contributed by atoms with Gasteiger partial charge in [-0.15, -0.1) is 0 Å². The lowest BCUT2D eigenvalue weighted by molar-refractivity contribution is -0.0686. The number of methoxy groups -OCH3 is 1. The highest BCUT2D eigenvalue weighted by molar-refractivity contribution is 7.62. The third-order valence-corrected chi connectivity index (χ3v) is 9.43. The summed E-state index contributed by atoms with van der Waals surface area (Å²) in [5.41, 5.74) is 2.23. The molecule has 41 heavy (non-hydrogen) atoms. The first-order chi connectivity index (χ1) is 19.7. The summed E-state index contributed by atoms with van der Waals surface area (Å²) < 4.78 is 69.2. The Morgan fingerprint density at radius 1 is 0.829 bits per heavy atom. The third-order valence-electron chi connectivity index (χ3n) is 5.69. The Hall–Kier alpha value is -1.78. The molecule has 232 valence electrons. The van der Waals surface area contributed by atoms with E-state index in [0.717, 1.165) is 36.4 Å². The van der Waals surface area contributed by atoms with Gasteiger partial charge in [0, 0.05) is 6.54 Å². The van der Waals surface area contributed by atoms with Gasteiger partial charge in [-0.25, -0.2) is 9.13 Å². The second-order valence-electron chi connectivity index (χ2n) is 9.13. The minimum absolute atomic E-state index is 0.0186. The van der Waals surface area contributed by atoms with Gasteiger partial charge in [0.15, 0.2) is 6.79 Å². The Morgan fingerprint density at radius 2 is 1.49 bits per heavy atom. The van der Waals surface area contributed by atoms with Gasteiger partial charge in [0.05, 0.1) is 33.0 Å². The Kier molecular flexibility index (Phi) is 16.1. The first-order valence-corrected chi connectivity index (χ1v) is 16.7. The van der Waals surface area contributed by atoms with Crippen LogP contribution in [0.5, 0.6) is 11.5 Å². The van der Waals surface area contributed by atoms with Gasteiger partial charge in [-0.2, -0.15) is 4.31 Å². The van der Waals surface area contributed by atoms with Gasteiger partial charge < -0.3 is 19.1 Å². The van der Waals surface area contributed by atoms with E-state index in [0.29, 0.717) is 6.42 Å². The summed E-state index contributed by atoms with van der Waals surface area (Å²) in [6, 6.07) is 15.9. The van der Waals surface area contributed by atoms with Crippen molar-refractivity contribution in [1.82, 2.24) is 4.90 Å². The number of phosphoric ester groups is 2. The van der Waals surface area contributed by atoms with Crippen LogP contribution in [0.4, 0.5) is 0 Å². The van der Waals surface area contributed by atoms with Crippen LogP contribution in [0, 0.1) is 0 Å². The largest absolute Gasteiger partial charge is 0.497 e. The summed E-state index contributed by atoms with van der Waals surface area (Å²) in [5.74, 6) is 1.58. The van der Waals surface area contributed by atoms with Crippen molar-refractivity contribution in [2.45, 2.75) is 46.1 Å². The normalized spacial score (nSPS) is 14.1. The summed E-state index contributed by atoms with van der Waals surface area (Å²) in [6.07, 6.45) is 1.80. The highest BCUT2D eigenvalue weighted by atomic mass is 31.3. The Morgan fingerprint density at radius 3 is 2.12 bits per heavy atom. The molecule has 0 radical (unpaired) electrons. The summed E-state index contributed by atoms with van der Waals surface area (Å²) in [7, 11) is -2.91. The van der Waals surface area contributed by atoms with E-state index >= 15 is 0 Å². The van der Waals surface area contributed by atoms with Crippen molar-refractivity contribution in [3.63, 3.8) is 0 Å². The van der Waals surface area contributed by atoms with Crippen LogP contribution in [0.3, 0.4) is 0 Å². The Bertz CT molecular complexity index is 1110. The molecule has 0 bridgehead atoms. The molecule has 0 aliphatic rings. The van der Waals surface area contributed by atoms with Crippen LogP contribution in [-0.2, 0) is 49.1 Å². The molecule has 0 aliphatic carbocycles. The number of phosphoric acid groups is 2. The van der Waals surface area contributed by atoms with Crippen molar-refractivity contribution < 1.29 is 45.7 Å². The van der Waals surface area contributed by atoms with E-state index in [9.17, 15) is 9.13 Å². The molecule has 2 aromatic rings. The molecule has 0 aromatic heterocycles. The average Bonchev–Trinajstić information content (AvgIpc) is 2.93. The highest BCUT2D eigenvalue weighted by Gasteiger charge is 2.40. The molecule has 2 rings (SSSR count). The van der Waals surface area contributed by atoms with Gasteiger partial charge in [-0.05, 0) is 83.5 Å². The molecule has 13 heteroatoms. The van der Waals surface area contributed by atoms with E-state index in [2.05, 4.69) is 6.07 Å². The standard InChI is InChI=1S/C28H45NO10P2/c1-7-35-40(30,36-8-2)39-41(31,37-9-3)38-23-34-27(19-20-29(4)5)22-33-28-16-11-10-14-25(28)18-17-24-13-12-15-26(21-24)32-6/h10-16,21,27H,7-9,17-20,22-23H2,1-6H3/t27-,41?/m0/s1. The van der Waals surface area contributed by atoms with Crippen molar-refractivity contribution in [1.29, 1.82) is 0 Å². The maximum absolute atomic E-state index is 13.2. The first-order valence-electron chi connectivity index (χ1n) is 13.7. The number of rotatable bonds is 22. The van der Waals surface area contributed by atoms with E-state index in [1.807, 2.05) is 61.5 Å². The molecule has 2 atom stereocenters. The van der Waals surface area contributed by atoms with Crippen LogP contribution in [0.15, 0.2) is 48.5 Å². The molecule has 0 saturated carbocycles. The number of aryl methyl sites for hydroxylation is 2. The van der Waals surface area contributed by atoms with Crippen molar-refractivity contribution in [2.75, 3.05) is 61.0 Å². The zero-order valence-electron chi connectivity index (χ0n) is 25.0. The Balaban J connectivity index is 2.04. The van der Waals surface area contributed by atoms with E-state index in [1.54, 1.807) is 27.9 Å². The maximum atomic E-state index is 13.2. The summed E-state index contributed by atoms with van der Waals surface area (Å²) in [5, 5.41) is 0. The lowest BCUT2D eigenvalue weighted by Gasteiger charge is -2.24. The zero-order chi connectivity index (χ0) is 30.1. The van der Waals surface area contributed by atoms with Crippen molar-refractivity contribution in [3.8, 4) is 11.5 Å². The molecule has 0 amide bonds. The first kappa shape index (κ1) is 35.4. The van der Waals surface area contributed by atoms with E-state index < -0.39 is 28.5 Å². The number of benzene rings is 2.